The monoisotopic (exact) mass is 538 g/mol. The number of hydrogen-bond acceptors (Lipinski definition) is 6. The molecule has 166 valence electrons. The zero-order chi connectivity index (χ0) is 19.7. The molecule has 0 aliphatic carbocycles. The van der Waals surface area contributed by atoms with Crippen LogP contribution in [-0.4, -0.2) is 82.7 Å². The van der Waals surface area contributed by atoms with Gasteiger partial charge in [-0.25, -0.2) is 0 Å². The molecule has 0 aromatic carbocycles. The van der Waals surface area contributed by atoms with Gasteiger partial charge in [-0.3, -0.25) is 9.89 Å². The lowest BCUT2D eigenvalue weighted by Crippen LogP contribution is -2.47. The normalized spacial score (nSPS) is 21.2. The van der Waals surface area contributed by atoms with Crippen LogP contribution in [0.25, 0.3) is 0 Å². The Bertz CT molecular complexity index is 591. The molecule has 29 heavy (non-hydrogen) atoms. The standard InChI is InChI=1S/C20H34N4O3S.HI/c1-3-21-19(23-16-20(25-2)6-10-26-11-7-20)22-15-17(18-5-4-14-28-18)24-8-12-27-13-9-24;/h4-5,14,17H,3,6-13,15-16H2,1-2H3,(H2,21,22,23);1H. The first-order valence-corrected chi connectivity index (χ1v) is 11.1. The lowest BCUT2D eigenvalue weighted by Gasteiger charge is -2.35. The highest BCUT2D eigenvalue weighted by atomic mass is 127. The number of nitrogens with one attached hydrogen (secondary N) is 2. The van der Waals surface area contributed by atoms with Gasteiger partial charge in [0.1, 0.15) is 0 Å². The molecule has 2 aliphatic rings. The lowest BCUT2D eigenvalue weighted by molar-refractivity contribution is -0.0828. The molecule has 3 heterocycles. The Morgan fingerprint density at radius 1 is 1.24 bits per heavy atom. The average molecular weight is 538 g/mol. The summed E-state index contributed by atoms with van der Waals surface area (Å²) in [5, 5.41) is 9.09. The lowest BCUT2D eigenvalue weighted by atomic mass is 9.94. The molecule has 1 unspecified atom stereocenters. The van der Waals surface area contributed by atoms with Gasteiger partial charge in [0.2, 0.25) is 0 Å². The van der Waals surface area contributed by atoms with Crippen LogP contribution in [0, 0.1) is 0 Å². The third-order valence-electron chi connectivity index (χ3n) is 5.53. The number of thiophene rings is 1. The first-order chi connectivity index (χ1) is 13.8. The smallest absolute Gasteiger partial charge is 0.191 e. The number of halogens is 1. The van der Waals surface area contributed by atoms with Crippen molar-refractivity contribution in [1.29, 1.82) is 0 Å². The molecule has 2 N–H and O–H groups in total. The highest BCUT2D eigenvalue weighted by Crippen LogP contribution is 2.26. The Kier molecular flexibility index (Phi) is 11.2. The van der Waals surface area contributed by atoms with Gasteiger partial charge in [0.25, 0.3) is 0 Å². The van der Waals surface area contributed by atoms with Crippen LogP contribution >= 0.6 is 35.3 Å². The van der Waals surface area contributed by atoms with Crippen LogP contribution in [0.5, 0.6) is 0 Å². The van der Waals surface area contributed by atoms with E-state index in [1.54, 1.807) is 7.11 Å². The van der Waals surface area contributed by atoms with Crippen molar-refractivity contribution >= 4 is 41.3 Å². The molecule has 0 radical (unpaired) electrons. The molecular formula is C20H35IN4O3S. The van der Waals surface area contributed by atoms with Crippen molar-refractivity contribution in [2.45, 2.75) is 31.4 Å². The van der Waals surface area contributed by atoms with Crippen molar-refractivity contribution in [3.8, 4) is 0 Å². The molecule has 0 bridgehead atoms. The van der Waals surface area contributed by atoms with E-state index in [1.165, 1.54) is 4.88 Å². The van der Waals surface area contributed by atoms with Crippen LogP contribution in [0.4, 0.5) is 0 Å². The summed E-state index contributed by atoms with van der Waals surface area (Å²) in [4.78, 5) is 8.73. The number of rotatable bonds is 8. The molecule has 0 saturated carbocycles. The Labute approximate surface area is 195 Å². The molecular weight excluding hydrogens is 503 g/mol. The average Bonchev–Trinajstić information content (AvgIpc) is 3.28. The van der Waals surface area contributed by atoms with Crippen molar-refractivity contribution in [1.82, 2.24) is 15.5 Å². The van der Waals surface area contributed by atoms with Gasteiger partial charge in [-0.05, 0) is 18.4 Å². The number of guanidine groups is 1. The third kappa shape index (κ3) is 7.32. The molecule has 3 rings (SSSR count). The van der Waals surface area contributed by atoms with E-state index in [2.05, 4.69) is 40.0 Å². The maximum atomic E-state index is 5.82. The Morgan fingerprint density at radius 2 is 1.97 bits per heavy atom. The van der Waals surface area contributed by atoms with Crippen molar-refractivity contribution in [3.05, 3.63) is 22.4 Å². The Morgan fingerprint density at radius 3 is 2.59 bits per heavy atom. The molecule has 2 aliphatic heterocycles. The van der Waals surface area contributed by atoms with Crippen LogP contribution in [0.2, 0.25) is 0 Å². The predicted octanol–water partition coefficient (Wildman–Crippen LogP) is 2.49. The fourth-order valence-electron chi connectivity index (χ4n) is 3.71. The Balaban J connectivity index is 0.00000300. The number of methoxy groups -OCH3 is 1. The SMILES string of the molecule is CCNC(=NCC1(OC)CCOCC1)NCC(c1cccs1)N1CCOCC1.I. The molecule has 9 heteroatoms. The van der Waals surface area contributed by atoms with Crippen LogP contribution in [0.15, 0.2) is 22.5 Å². The highest BCUT2D eigenvalue weighted by Gasteiger charge is 2.32. The first-order valence-electron chi connectivity index (χ1n) is 10.3. The van der Waals surface area contributed by atoms with Gasteiger partial charge >= 0.3 is 0 Å². The second-order valence-corrected chi connectivity index (χ2v) is 8.23. The van der Waals surface area contributed by atoms with Crippen LogP contribution in [0.3, 0.4) is 0 Å². The Hall–Kier alpha value is -0.460. The topological polar surface area (TPSA) is 67.4 Å². The second-order valence-electron chi connectivity index (χ2n) is 7.26. The number of aliphatic imine (C=N–C) groups is 1. The summed E-state index contributed by atoms with van der Waals surface area (Å²) in [6, 6.07) is 4.67. The van der Waals surface area contributed by atoms with E-state index in [0.717, 1.165) is 71.4 Å². The first kappa shape index (κ1) is 24.8. The van der Waals surface area contributed by atoms with Gasteiger partial charge in [0, 0.05) is 64.2 Å². The summed E-state index contributed by atoms with van der Waals surface area (Å²) in [6.07, 6.45) is 1.77. The molecule has 0 amide bonds. The number of ether oxygens (including phenoxy) is 3. The minimum absolute atomic E-state index is 0. The van der Waals surface area contributed by atoms with Crippen molar-refractivity contribution < 1.29 is 14.2 Å². The molecule has 7 nitrogen and oxygen atoms in total. The summed E-state index contributed by atoms with van der Waals surface area (Å²) >= 11 is 1.81. The van der Waals surface area contributed by atoms with Gasteiger partial charge in [0.15, 0.2) is 5.96 Å². The van der Waals surface area contributed by atoms with Gasteiger partial charge in [-0.2, -0.15) is 0 Å². The van der Waals surface area contributed by atoms with E-state index in [4.69, 9.17) is 19.2 Å². The zero-order valence-corrected chi connectivity index (χ0v) is 20.7. The summed E-state index contributed by atoms with van der Waals surface area (Å²) in [7, 11) is 1.78. The summed E-state index contributed by atoms with van der Waals surface area (Å²) in [6.45, 7) is 9.39. The van der Waals surface area contributed by atoms with E-state index in [-0.39, 0.29) is 29.6 Å². The molecule has 2 fully saturated rings. The van der Waals surface area contributed by atoms with Crippen molar-refractivity contribution in [2.75, 3.05) is 66.3 Å². The molecule has 0 spiro atoms. The molecule has 1 atom stereocenters. The minimum Gasteiger partial charge on any atom is -0.381 e. The van der Waals surface area contributed by atoms with E-state index >= 15 is 0 Å². The maximum absolute atomic E-state index is 5.82. The maximum Gasteiger partial charge on any atom is 0.191 e. The molecule has 1 aromatic rings. The van der Waals surface area contributed by atoms with E-state index in [9.17, 15) is 0 Å². The quantitative estimate of drug-likeness (QED) is 0.301. The van der Waals surface area contributed by atoms with Crippen molar-refractivity contribution in [3.63, 3.8) is 0 Å². The minimum atomic E-state index is -0.210. The van der Waals surface area contributed by atoms with Crippen LogP contribution < -0.4 is 10.6 Å². The van der Waals surface area contributed by atoms with Gasteiger partial charge in [-0.15, -0.1) is 35.3 Å². The van der Waals surface area contributed by atoms with E-state index in [1.807, 2.05) is 11.3 Å². The number of nitrogens with zero attached hydrogens (tertiary/aromatic N) is 2. The highest BCUT2D eigenvalue weighted by molar-refractivity contribution is 14.0. The third-order valence-corrected chi connectivity index (χ3v) is 6.50. The van der Waals surface area contributed by atoms with Gasteiger partial charge < -0.3 is 24.8 Å². The second kappa shape index (κ2) is 13.1. The van der Waals surface area contributed by atoms with Crippen LogP contribution in [0.1, 0.15) is 30.7 Å². The fraction of sp³-hybridized carbons (Fsp3) is 0.750. The summed E-state index contributed by atoms with van der Waals surface area (Å²) in [5.41, 5.74) is -0.210. The zero-order valence-electron chi connectivity index (χ0n) is 17.5. The summed E-state index contributed by atoms with van der Waals surface area (Å²) in [5.74, 6) is 0.847. The molecule has 1 aromatic heterocycles. The van der Waals surface area contributed by atoms with E-state index in [0.29, 0.717) is 12.6 Å². The number of hydrogen-bond donors (Lipinski definition) is 2. The van der Waals surface area contributed by atoms with Gasteiger partial charge in [0.05, 0.1) is 31.4 Å². The summed E-state index contributed by atoms with van der Waals surface area (Å²) < 4.78 is 16.9. The molecule has 2 saturated heterocycles. The van der Waals surface area contributed by atoms with E-state index < -0.39 is 0 Å². The van der Waals surface area contributed by atoms with Crippen molar-refractivity contribution in [2.24, 2.45) is 4.99 Å². The largest absolute Gasteiger partial charge is 0.381 e. The fourth-order valence-corrected chi connectivity index (χ4v) is 4.57. The predicted molar refractivity (Wildman–Crippen MR) is 129 cm³/mol. The van der Waals surface area contributed by atoms with Crippen LogP contribution in [-0.2, 0) is 14.2 Å². The van der Waals surface area contributed by atoms with Gasteiger partial charge in [-0.1, -0.05) is 6.07 Å². The number of morpholine rings is 1.